The highest BCUT2D eigenvalue weighted by Crippen LogP contribution is 2.34. The van der Waals surface area contributed by atoms with E-state index in [4.69, 9.17) is 0 Å². The van der Waals surface area contributed by atoms with Crippen LogP contribution >= 0.6 is 0 Å². The number of aryl methyl sites for hydroxylation is 1. The molecule has 0 aliphatic carbocycles. The van der Waals surface area contributed by atoms with Gasteiger partial charge in [0.15, 0.2) is 5.82 Å². The Labute approximate surface area is 176 Å². The molecule has 0 saturated heterocycles. The van der Waals surface area contributed by atoms with Crippen molar-refractivity contribution in [3.05, 3.63) is 84.1 Å². The van der Waals surface area contributed by atoms with Crippen molar-refractivity contribution in [2.45, 2.75) is 18.0 Å². The van der Waals surface area contributed by atoms with E-state index in [9.17, 15) is 21.6 Å². The van der Waals surface area contributed by atoms with Gasteiger partial charge in [-0.2, -0.15) is 13.2 Å². The number of sulfonamides is 1. The van der Waals surface area contributed by atoms with Crippen LogP contribution in [0.15, 0.2) is 77.7 Å². The fourth-order valence-electron chi connectivity index (χ4n) is 3.15. The molecule has 1 aromatic heterocycles. The Morgan fingerprint density at radius 3 is 2.23 bits per heavy atom. The first-order chi connectivity index (χ1) is 14.6. The number of anilines is 1. The molecule has 1 N–H and O–H groups in total. The van der Waals surface area contributed by atoms with Gasteiger partial charge in [0.2, 0.25) is 0 Å². The number of nitrogens with one attached hydrogen (secondary N) is 1. The molecule has 0 saturated carbocycles. The number of halogens is 3. The van der Waals surface area contributed by atoms with Crippen molar-refractivity contribution in [1.82, 2.24) is 9.97 Å². The number of rotatable bonds is 4. The summed E-state index contributed by atoms with van der Waals surface area (Å²) < 4.78 is 68.2. The number of para-hydroxylation sites is 1. The van der Waals surface area contributed by atoms with Crippen molar-refractivity contribution in [2.75, 3.05) is 4.72 Å². The number of nitrogens with zero attached hydrogens (tertiary/aromatic N) is 2. The van der Waals surface area contributed by atoms with Gasteiger partial charge in [0, 0.05) is 0 Å². The van der Waals surface area contributed by atoms with Crippen molar-refractivity contribution in [3.8, 4) is 11.1 Å². The molecule has 0 atom stereocenters. The second kappa shape index (κ2) is 7.66. The quantitative estimate of drug-likeness (QED) is 0.457. The van der Waals surface area contributed by atoms with Crippen LogP contribution < -0.4 is 4.72 Å². The Balaban J connectivity index is 1.76. The van der Waals surface area contributed by atoms with Crippen molar-refractivity contribution >= 4 is 26.9 Å². The normalized spacial score (nSPS) is 12.1. The summed E-state index contributed by atoms with van der Waals surface area (Å²) in [6, 6.07) is 19.0. The van der Waals surface area contributed by atoms with E-state index in [1.165, 1.54) is 31.2 Å². The van der Waals surface area contributed by atoms with Crippen LogP contribution in [0.4, 0.5) is 19.0 Å². The third-order valence-corrected chi connectivity index (χ3v) is 5.99. The van der Waals surface area contributed by atoms with E-state index in [1.807, 2.05) is 30.3 Å². The summed E-state index contributed by atoms with van der Waals surface area (Å²) in [6.07, 6.45) is -4.65. The van der Waals surface area contributed by atoms with E-state index >= 15 is 0 Å². The molecule has 4 rings (SSSR count). The van der Waals surface area contributed by atoms with Crippen LogP contribution in [0.1, 0.15) is 11.3 Å². The molecule has 0 spiro atoms. The lowest BCUT2D eigenvalue weighted by molar-refractivity contribution is -0.136. The van der Waals surface area contributed by atoms with E-state index in [1.54, 1.807) is 12.1 Å². The van der Waals surface area contributed by atoms with Crippen molar-refractivity contribution in [1.29, 1.82) is 0 Å². The van der Waals surface area contributed by atoms with Gasteiger partial charge < -0.3 is 0 Å². The molecular formula is C22H16F3N3O2S. The molecule has 31 heavy (non-hydrogen) atoms. The van der Waals surface area contributed by atoms with E-state index in [2.05, 4.69) is 14.7 Å². The molecule has 3 aromatic carbocycles. The van der Waals surface area contributed by atoms with Crippen LogP contribution in [0.2, 0.25) is 0 Å². The van der Waals surface area contributed by atoms with E-state index < -0.39 is 27.3 Å². The highest BCUT2D eigenvalue weighted by atomic mass is 32.2. The van der Waals surface area contributed by atoms with Gasteiger partial charge in [0.1, 0.15) is 5.52 Å². The highest BCUT2D eigenvalue weighted by molar-refractivity contribution is 7.92. The third kappa shape index (κ3) is 4.22. The summed E-state index contributed by atoms with van der Waals surface area (Å²) in [7, 11) is -4.12. The summed E-state index contributed by atoms with van der Waals surface area (Å²) >= 11 is 0. The van der Waals surface area contributed by atoms with Crippen molar-refractivity contribution in [3.63, 3.8) is 0 Å². The number of fused-ring (bicyclic) bond motifs is 1. The highest BCUT2D eigenvalue weighted by Gasteiger charge is 2.33. The monoisotopic (exact) mass is 443 g/mol. The van der Waals surface area contributed by atoms with E-state index in [0.29, 0.717) is 5.56 Å². The van der Waals surface area contributed by atoms with Gasteiger partial charge in [-0.05, 0) is 42.3 Å². The average molecular weight is 443 g/mol. The topological polar surface area (TPSA) is 72.0 Å². The Morgan fingerprint density at radius 1 is 0.839 bits per heavy atom. The van der Waals surface area contributed by atoms with Crippen LogP contribution in [-0.4, -0.2) is 18.4 Å². The Hall–Kier alpha value is -3.46. The summed E-state index contributed by atoms with van der Waals surface area (Å²) in [5.41, 5.74) is 0.302. The van der Waals surface area contributed by atoms with Gasteiger partial charge in [-0.3, -0.25) is 4.72 Å². The molecule has 0 fully saturated rings. The Bertz CT molecular complexity index is 1370. The molecule has 0 radical (unpaired) electrons. The maximum absolute atomic E-state index is 13.4. The summed E-state index contributed by atoms with van der Waals surface area (Å²) in [4.78, 5) is 8.02. The first kappa shape index (κ1) is 20.8. The molecule has 0 aliphatic rings. The van der Waals surface area contributed by atoms with Gasteiger partial charge in [0.25, 0.3) is 10.0 Å². The molecule has 0 aliphatic heterocycles. The van der Waals surface area contributed by atoms with Gasteiger partial charge in [-0.25, -0.2) is 18.4 Å². The summed E-state index contributed by atoms with van der Waals surface area (Å²) in [5, 5.41) is 0. The second-order valence-electron chi connectivity index (χ2n) is 6.83. The van der Waals surface area contributed by atoms with Gasteiger partial charge in [-0.15, -0.1) is 0 Å². The number of alkyl halides is 3. The molecule has 4 aromatic rings. The van der Waals surface area contributed by atoms with Crippen LogP contribution in [0, 0.1) is 6.92 Å². The third-order valence-electron chi connectivity index (χ3n) is 4.66. The van der Waals surface area contributed by atoms with Crippen molar-refractivity contribution in [2.24, 2.45) is 0 Å². The number of aromatic nitrogens is 2. The first-order valence-corrected chi connectivity index (χ1v) is 10.7. The zero-order valence-electron chi connectivity index (χ0n) is 16.2. The maximum atomic E-state index is 13.4. The van der Waals surface area contributed by atoms with E-state index in [0.717, 1.165) is 11.6 Å². The minimum absolute atomic E-state index is 0.0290. The van der Waals surface area contributed by atoms with Crippen LogP contribution in [-0.2, 0) is 16.2 Å². The molecule has 0 amide bonds. The lowest BCUT2D eigenvalue weighted by Crippen LogP contribution is -2.16. The van der Waals surface area contributed by atoms with E-state index in [-0.39, 0.29) is 21.9 Å². The fraction of sp³-hybridized carbons (Fsp3) is 0.0909. The van der Waals surface area contributed by atoms with Crippen molar-refractivity contribution < 1.29 is 21.6 Å². The van der Waals surface area contributed by atoms with Gasteiger partial charge >= 0.3 is 6.18 Å². The molecule has 9 heteroatoms. The minimum Gasteiger partial charge on any atom is -0.262 e. The lowest BCUT2D eigenvalue weighted by atomic mass is 10.1. The first-order valence-electron chi connectivity index (χ1n) is 9.18. The summed E-state index contributed by atoms with van der Waals surface area (Å²) in [5.74, 6) is -0.255. The smallest absolute Gasteiger partial charge is 0.262 e. The molecule has 158 valence electrons. The van der Waals surface area contributed by atoms with Crippen LogP contribution in [0.3, 0.4) is 0 Å². The molecule has 0 bridgehead atoms. The molecule has 0 unspecified atom stereocenters. The molecule has 1 heterocycles. The SMILES string of the molecule is Cc1nc2cccc(C(F)(F)F)c2nc1NS(=O)(=O)c1cccc(-c2ccccc2)c1. The maximum Gasteiger partial charge on any atom is 0.418 e. The number of hydrogen-bond acceptors (Lipinski definition) is 4. The predicted molar refractivity (Wildman–Crippen MR) is 112 cm³/mol. The second-order valence-corrected chi connectivity index (χ2v) is 8.51. The Morgan fingerprint density at radius 2 is 1.52 bits per heavy atom. The standard InChI is InChI=1S/C22H16F3N3O2S/c1-14-21(27-20-18(22(23,24)25)11-6-12-19(20)26-14)28-31(29,30)17-10-5-9-16(13-17)15-7-3-2-4-8-15/h2-13H,1H3,(H,27,28). The lowest BCUT2D eigenvalue weighted by Gasteiger charge is -2.14. The number of hydrogen-bond donors (Lipinski definition) is 1. The zero-order valence-corrected chi connectivity index (χ0v) is 17.0. The Kier molecular flexibility index (Phi) is 5.14. The fourth-order valence-corrected chi connectivity index (χ4v) is 4.26. The zero-order chi connectivity index (χ0) is 22.2. The van der Waals surface area contributed by atoms with Crippen LogP contribution in [0.25, 0.3) is 22.2 Å². The predicted octanol–water partition coefficient (Wildman–Crippen LogP) is 5.42. The van der Waals surface area contributed by atoms with Crippen LogP contribution in [0.5, 0.6) is 0 Å². The summed E-state index contributed by atoms with van der Waals surface area (Å²) in [6.45, 7) is 1.48. The minimum atomic E-state index is -4.65. The largest absolute Gasteiger partial charge is 0.418 e. The van der Waals surface area contributed by atoms with Gasteiger partial charge in [-0.1, -0.05) is 48.5 Å². The molecular weight excluding hydrogens is 427 g/mol. The molecule has 5 nitrogen and oxygen atoms in total. The number of benzene rings is 3. The van der Waals surface area contributed by atoms with Gasteiger partial charge in [0.05, 0.1) is 21.7 Å². The average Bonchev–Trinajstić information content (AvgIpc) is 2.74.